The average molecular weight is 306 g/mol. The van der Waals surface area contributed by atoms with Gasteiger partial charge in [0.2, 0.25) is 0 Å². The Hall–Kier alpha value is -0.210. The van der Waals surface area contributed by atoms with Crippen molar-refractivity contribution in [2.24, 2.45) is 5.92 Å². The Morgan fingerprint density at radius 3 is 2.50 bits per heavy atom. The second-order valence-electron chi connectivity index (χ2n) is 4.26. The number of aryl methyl sites for hydroxylation is 1. The molecule has 0 spiro atoms. The minimum atomic E-state index is 0.424. The zero-order valence-corrected chi connectivity index (χ0v) is 12.5. The van der Waals surface area contributed by atoms with E-state index >= 15 is 0 Å². The first-order chi connectivity index (χ1) is 7.51. The van der Waals surface area contributed by atoms with Gasteiger partial charge in [-0.3, -0.25) is 0 Å². The molecule has 0 amide bonds. The van der Waals surface area contributed by atoms with E-state index in [2.05, 4.69) is 29.8 Å². The third-order valence-electron chi connectivity index (χ3n) is 3.10. The molecule has 1 nitrogen and oxygen atoms in total. The molecular formula is C13H18BrClO. The van der Waals surface area contributed by atoms with Gasteiger partial charge in [0.25, 0.3) is 0 Å². The van der Waals surface area contributed by atoms with Gasteiger partial charge < -0.3 is 4.74 Å². The molecule has 16 heavy (non-hydrogen) atoms. The molecule has 0 saturated carbocycles. The molecule has 90 valence electrons. The highest BCUT2D eigenvalue weighted by atomic mass is 79.9. The summed E-state index contributed by atoms with van der Waals surface area (Å²) in [4.78, 5) is 0. The molecule has 0 aliphatic carbocycles. The molecule has 3 heteroatoms. The van der Waals surface area contributed by atoms with Gasteiger partial charge in [-0.1, -0.05) is 41.4 Å². The fraction of sp³-hybridized carbons (Fsp3) is 0.538. The predicted octanol–water partition coefficient (Wildman–Crippen LogP) is 4.79. The maximum absolute atomic E-state index is 6.17. The summed E-state index contributed by atoms with van der Waals surface area (Å²) in [5.74, 6) is 1.90. The summed E-state index contributed by atoms with van der Waals surface area (Å²) in [6, 6.07) is 4.04. The number of hydrogen-bond donors (Lipinski definition) is 0. The number of ether oxygens (including phenoxy) is 1. The number of benzene rings is 1. The summed E-state index contributed by atoms with van der Waals surface area (Å²) < 4.78 is 5.42. The lowest BCUT2D eigenvalue weighted by molar-refractivity contribution is 0.399. The number of hydrogen-bond acceptors (Lipinski definition) is 1. The zero-order chi connectivity index (χ0) is 12.3. The van der Waals surface area contributed by atoms with Crippen molar-refractivity contribution >= 4 is 27.5 Å². The van der Waals surface area contributed by atoms with Gasteiger partial charge in [-0.05, 0) is 42.0 Å². The second-order valence-corrected chi connectivity index (χ2v) is 5.32. The Balaban J connectivity index is 3.16. The van der Waals surface area contributed by atoms with Crippen LogP contribution >= 0.6 is 27.5 Å². The predicted molar refractivity (Wildman–Crippen MR) is 74.1 cm³/mol. The number of rotatable bonds is 4. The van der Waals surface area contributed by atoms with Gasteiger partial charge in [0, 0.05) is 10.4 Å². The van der Waals surface area contributed by atoms with Crippen LogP contribution in [0.3, 0.4) is 0 Å². The van der Waals surface area contributed by atoms with Crippen LogP contribution in [-0.2, 0) is 0 Å². The van der Waals surface area contributed by atoms with Crippen molar-refractivity contribution in [3.8, 4) is 5.75 Å². The third-order valence-corrected chi connectivity index (χ3v) is 4.53. The van der Waals surface area contributed by atoms with Crippen molar-refractivity contribution in [2.45, 2.75) is 26.7 Å². The minimum Gasteiger partial charge on any atom is -0.496 e. The molecule has 1 rings (SSSR count). The van der Waals surface area contributed by atoms with Crippen LogP contribution in [0, 0.1) is 12.8 Å². The van der Waals surface area contributed by atoms with Gasteiger partial charge in [0.1, 0.15) is 5.75 Å². The molecule has 0 fully saturated rings. The summed E-state index contributed by atoms with van der Waals surface area (Å²) in [6.45, 7) is 6.41. The number of alkyl halides is 1. The van der Waals surface area contributed by atoms with Crippen molar-refractivity contribution in [2.75, 3.05) is 12.4 Å². The standard InChI is InChI=1S/C13H18BrClO/c1-8-5-13(16-4)11(6-12(8)15)10(3)9(2)7-14/h5-6,9-10H,7H2,1-4H3. The quantitative estimate of drug-likeness (QED) is 0.727. The van der Waals surface area contributed by atoms with Gasteiger partial charge >= 0.3 is 0 Å². The number of halogens is 2. The molecule has 0 radical (unpaired) electrons. The molecule has 0 aliphatic rings. The molecular weight excluding hydrogens is 287 g/mol. The summed E-state index contributed by atoms with van der Waals surface area (Å²) in [5, 5.41) is 1.78. The van der Waals surface area contributed by atoms with Gasteiger partial charge in [-0.2, -0.15) is 0 Å². The highest BCUT2D eigenvalue weighted by Gasteiger charge is 2.18. The summed E-state index contributed by atoms with van der Waals surface area (Å²) in [6.07, 6.45) is 0. The molecule has 0 saturated heterocycles. The van der Waals surface area contributed by atoms with Crippen molar-refractivity contribution in [1.29, 1.82) is 0 Å². The van der Waals surface area contributed by atoms with Crippen molar-refractivity contribution in [3.63, 3.8) is 0 Å². The lowest BCUT2D eigenvalue weighted by atomic mass is 9.89. The fourth-order valence-electron chi connectivity index (χ4n) is 1.64. The van der Waals surface area contributed by atoms with Crippen molar-refractivity contribution in [1.82, 2.24) is 0 Å². The minimum absolute atomic E-state index is 0.424. The maximum Gasteiger partial charge on any atom is 0.122 e. The topological polar surface area (TPSA) is 9.23 Å². The maximum atomic E-state index is 6.17. The van der Waals surface area contributed by atoms with Crippen LogP contribution in [0.4, 0.5) is 0 Å². The van der Waals surface area contributed by atoms with E-state index in [4.69, 9.17) is 16.3 Å². The Morgan fingerprint density at radius 1 is 1.38 bits per heavy atom. The fourth-order valence-corrected chi connectivity index (χ4v) is 2.38. The normalized spacial score (nSPS) is 14.6. The van der Waals surface area contributed by atoms with Gasteiger partial charge in [-0.25, -0.2) is 0 Å². The number of methoxy groups -OCH3 is 1. The van der Waals surface area contributed by atoms with Crippen LogP contribution in [0.25, 0.3) is 0 Å². The van der Waals surface area contributed by atoms with E-state index in [1.165, 1.54) is 5.56 Å². The molecule has 2 atom stereocenters. The molecule has 0 aromatic heterocycles. The Bertz CT molecular complexity index is 365. The van der Waals surface area contributed by atoms with Crippen LogP contribution in [0.1, 0.15) is 30.9 Å². The van der Waals surface area contributed by atoms with E-state index in [0.717, 1.165) is 21.7 Å². The third kappa shape index (κ3) is 2.92. The van der Waals surface area contributed by atoms with Gasteiger partial charge in [0.05, 0.1) is 7.11 Å². The summed E-state index contributed by atoms with van der Waals surface area (Å²) in [7, 11) is 1.71. The Labute approximate surface area is 111 Å². The first-order valence-electron chi connectivity index (χ1n) is 5.41. The highest BCUT2D eigenvalue weighted by Crippen LogP contribution is 2.35. The average Bonchev–Trinajstić information content (AvgIpc) is 2.30. The van der Waals surface area contributed by atoms with Crippen LogP contribution < -0.4 is 4.74 Å². The SMILES string of the molecule is COc1cc(C)c(Cl)cc1C(C)C(C)CBr. The highest BCUT2D eigenvalue weighted by molar-refractivity contribution is 9.09. The molecule has 2 unspecified atom stereocenters. The van der Waals surface area contributed by atoms with Crippen LogP contribution in [-0.4, -0.2) is 12.4 Å². The molecule has 0 aliphatic heterocycles. The Morgan fingerprint density at radius 2 is 2.00 bits per heavy atom. The Kier molecular flexibility index (Phi) is 5.13. The monoisotopic (exact) mass is 304 g/mol. The van der Waals surface area contributed by atoms with Crippen LogP contribution in [0.5, 0.6) is 5.75 Å². The zero-order valence-electron chi connectivity index (χ0n) is 10.2. The van der Waals surface area contributed by atoms with Crippen LogP contribution in [0.15, 0.2) is 12.1 Å². The van der Waals surface area contributed by atoms with Crippen molar-refractivity contribution < 1.29 is 4.74 Å². The van der Waals surface area contributed by atoms with E-state index in [-0.39, 0.29) is 0 Å². The van der Waals surface area contributed by atoms with Gasteiger partial charge in [0.15, 0.2) is 0 Å². The van der Waals surface area contributed by atoms with Gasteiger partial charge in [-0.15, -0.1) is 0 Å². The molecule has 0 bridgehead atoms. The van der Waals surface area contributed by atoms with E-state index in [1.54, 1.807) is 7.11 Å². The molecule has 0 N–H and O–H groups in total. The lowest BCUT2D eigenvalue weighted by Crippen LogP contribution is -2.09. The second kappa shape index (κ2) is 5.92. The van der Waals surface area contributed by atoms with E-state index in [9.17, 15) is 0 Å². The van der Waals surface area contributed by atoms with Crippen LogP contribution in [0.2, 0.25) is 5.02 Å². The van der Waals surface area contributed by atoms with E-state index in [1.807, 2.05) is 19.1 Å². The molecule has 1 aromatic rings. The first kappa shape index (κ1) is 13.9. The molecule has 0 heterocycles. The van der Waals surface area contributed by atoms with E-state index in [0.29, 0.717) is 11.8 Å². The lowest BCUT2D eigenvalue weighted by Gasteiger charge is -2.21. The van der Waals surface area contributed by atoms with E-state index < -0.39 is 0 Å². The smallest absolute Gasteiger partial charge is 0.122 e. The summed E-state index contributed by atoms with van der Waals surface area (Å²) in [5.41, 5.74) is 2.24. The van der Waals surface area contributed by atoms with Crippen molar-refractivity contribution in [3.05, 3.63) is 28.3 Å². The largest absolute Gasteiger partial charge is 0.496 e. The first-order valence-corrected chi connectivity index (χ1v) is 6.91. The molecule has 1 aromatic carbocycles. The summed E-state index contributed by atoms with van der Waals surface area (Å²) >= 11 is 9.69.